The molecular formula is C24H25N3O4. The van der Waals surface area contributed by atoms with Gasteiger partial charge in [-0.1, -0.05) is 18.2 Å². The molecule has 3 heterocycles. The van der Waals surface area contributed by atoms with Crippen molar-refractivity contribution in [3.63, 3.8) is 0 Å². The molecule has 5 rings (SSSR count). The minimum atomic E-state index is -0.450. The number of hydroxylamine groups is 1. The third kappa shape index (κ3) is 3.45. The summed E-state index contributed by atoms with van der Waals surface area (Å²) in [5, 5.41) is 9.90. The Hall–Kier alpha value is -3.32. The van der Waals surface area contributed by atoms with E-state index >= 15 is 0 Å². The van der Waals surface area contributed by atoms with Crippen LogP contribution in [0.25, 0.3) is 22.0 Å². The molecule has 160 valence electrons. The zero-order chi connectivity index (χ0) is 21.4. The number of benzene rings is 2. The van der Waals surface area contributed by atoms with Gasteiger partial charge in [-0.25, -0.2) is 10.3 Å². The summed E-state index contributed by atoms with van der Waals surface area (Å²) in [6.45, 7) is 1.14. The van der Waals surface area contributed by atoms with Gasteiger partial charge >= 0.3 is 6.03 Å². The van der Waals surface area contributed by atoms with Crippen LogP contribution >= 0.6 is 0 Å². The molecule has 2 aliphatic rings. The number of aryl methyl sites for hydroxylation is 1. The Morgan fingerprint density at radius 1 is 1.19 bits per heavy atom. The molecule has 31 heavy (non-hydrogen) atoms. The van der Waals surface area contributed by atoms with Crippen molar-refractivity contribution in [2.75, 3.05) is 20.2 Å². The number of aromatic nitrogens is 1. The quantitative estimate of drug-likeness (QED) is 0.481. The van der Waals surface area contributed by atoms with E-state index < -0.39 is 6.03 Å². The van der Waals surface area contributed by atoms with Gasteiger partial charge in [0.05, 0.1) is 7.11 Å². The molecule has 2 aromatic carbocycles. The Kier molecular flexibility index (Phi) is 4.90. The molecule has 7 nitrogen and oxygen atoms in total. The first-order valence-corrected chi connectivity index (χ1v) is 10.6. The number of urea groups is 1. The van der Waals surface area contributed by atoms with E-state index in [1.54, 1.807) is 23.7 Å². The smallest absolute Gasteiger partial charge is 0.341 e. The summed E-state index contributed by atoms with van der Waals surface area (Å²) in [5.41, 5.74) is 5.60. The number of carbonyl (C=O) groups excluding carboxylic acids is 1. The molecule has 0 bridgehead atoms. The Bertz CT molecular complexity index is 1140. The second kappa shape index (κ2) is 7.74. The third-order valence-corrected chi connectivity index (χ3v) is 6.54. The van der Waals surface area contributed by atoms with Gasteiger partial charge in [0.25, 0.3) is 0 Å². The highest BCUT2D eigenvalue weighted by molar-refractivity contribution is 5.92. The second-order valence-electron chi connectivity index (χ2n) is 8.23. The summed E-state index contributed by atoms with van der Waals surface area (Å²) in [4.78, 5) is 17.8. The fourth-order valence-electron chi connectivity index (χ4n) is 4.78. The molecule has 7 heteroatoms. The molecule has 1 saturated heterocycles. The van der Waals surface area contributed by atoms with E-state index in [-0.39, 0.29) is 5.60 Å². The van der Waals surface area contributed by atoms with Crippen LogP contribution in [-0.2, 0) is 6.42 Å². The summed E-state index contributed by atoms with van der Waals surface area (Å²) in [5.74, 6) is 1.69. The van der Waals surface area contributed by atoms with Gasteiger partial charge < -0.3 is 14.4 Å². The average Bonchev–Trinajstić information content (AvgIpc) is 2.83. The van der Waals surface area contributed by atoms with Crippen molar-refractivity contribution in [3.8, 4) is 22.6 Å². The summed E-state index contributed by atoms with van der Waals surface area (Å²) in [6, 6.07) is 14.0. The summed E-state index contributed by atoms with van der Waals surface area (Å²) in [6.07, 6.45) is 5.12. The van der Waals surface area contributed by atoms with Crippen LogP contribution in [0, 0.1) is 0 Å². The lowest BCUT2D eigenvalue weighted by atomic mass is 9.82. The first kappa shape index (κ1) is 19.6. The van der Waals surface area contributed by atoms with Gasteiger partial charge in [0, 0.05) is 43.1 Å². The van der Waals surface area contributed by atoms with E-state index in [0.717, 1.165) is 59.2 Å². The van der Waals surface area contributed by atoms with Crippen molar-refractivity contribution in [1.29, 1.82) is 0 Å². The van der Waals surface area contributed by atoms with E-state index in [1.807, 2.05) is 18.2 Å². The number of amides is 2. The van der Waals surface area contributed by atoms with Gasteiger partial charge in [-0.2, -0.15) is 0 Å². The molecule has 0 saturated carbocycles. The summed E-state index contributed by atoms with van der Waals surface area (Å²) in [7, 11) is 1.68. The molecule has 2 N–H and O–H groups in total. The first-order chi connectivity index (χ1) is 15.1. The minimum absolute atomic E-state index is 0.245. The number of rotatable bonds is 2. The first-order valence-electron chi connectivity index (χ1n) is 10.6. The van der Waals surface area contributed by atoms with Crippen LogP contribution < -0.4 is 15.0 Å². The minimum Gasteiger partial charge on any atom is -0.494 e. The molecule has 2 aliphatic heterocycles. The number of fused-ring (bicyclic) bond motifs is 2. The largest absolute Gasteiger partial charge is 0.494 e. The van der Waals surface area contributed by atoms with Crippen LogP contribution in [-0.4, -0.2) is 46.9 Å². The number of nitrogens with one attached hydrogen (secondary N) is 1. The van der Waals surface area contributed by atoms with Crippen molar-refractivity contribution in [1.82, 2.24) is 15.4 Å². The molecule has 0 unspecified atom stereocenters. The standard InChI is InChI=1S/C24H25N3O4/c1-30-22-19(6-4-16-3-2-12-25-21(16)22)17-5-7-20-18(15-17)8-9-24(31-20)10-13-27(14-11-24)23(28)26-29/h2-7,12,15,29H,8-11,13-14H2,1H3,(H,26,28). The lowest BCUT2D eigenvalue weighted by molar-refractivity contribution is -0.00877. The van der Waals surface area contributed by atoms with Crippen LogP contribution in [0.15, 0.2) is 48.7 Å². The Morgan fingerprint density at radius 2 is 2.03 bits per heavy atom. The summed E-state index contributed by atoms with van der Waals surface area (Å²) < 4.78 is 12.2. The average molecular weight is 419 g/mol. The van der Waals surface area contributed by atoms with Crippen LogP contribution in [0.2, 0.25) is 0 Å². The van der Waals surface area contributed by atoms with E-state index in [9.17, 15) is 4.79 Å². The second-order valence-corrected chi connectivity index (χ2v) is 8.23. The highest BCUT2D eigenvalue weighted by atomic mass is 16.5. The number of likely N-dealkylation sites (tertiary alicyclic amines) is 1. The number of methoxy groups -OCH3 is 1. The SMILES string of the molecule is COc1c(-c2ccc3c(c2)CCC2(CCN(C(=O)NO)CC2)O3)ccc2cccnc12. The Balaban J connectivity index is 1.41. The molecular weight excluding hydrogens is 394 g/mol. The highest BCUT2D eigenvalue weighted by Gasteiger charge is 2.40. The van der Waals surface area contributed by atoms with Crippen LogP contribution in [0.3, 0.4) is 0 Å². The third-order valence-electron chi connectivity index (χ3n) is 6.54. The number of nitrogens with zero attached hydrogens (tertiary/aromatic N) is 2. The molecule has 0 radical (unpaired) electrons. The Labute approximate surface area is 180 Å². The zero-order valence-electron chi connectivity index (χ0n) is 17.4. The predicted molar refractivity (Wildman–Crippen MR) is 117 cm³/mol. The normalized spacial score (nSPS) is 17.2. The molecule has 0 atom stereocenters. The molecule has 1 fully saturated rings. The van der Waals surface area contributed by atoms with Gasteiger partial charge in [-0.15, -0.1) is 0 Å². The maximum absolute atomic E-state index is 11.7. The highest BCUT2D eigenvalue weighted by Crippen LogP contribution is 2.42. The van der Waals surface area contributed by atoms with Crippen LogP contribution in [0.4, 0.5) is 4.79 Å². The fourth-order valence-corrected chi connectivity index (χ4v) is 4.78. The maximum atomic E-state index is 11.7. The molecule has 0 aliphatic carbocycles. The van der Waals surface area contributed by atoms with Crippen molar-refractivity contribution >= 4 is 16.9 Å². The number of hydrogen-bond acceptors (Lipinski definition) is 5. The predicted octanol–water partition coefficient (Wildman–Crippen LogP) is 4.17. The molecule has 2 amide bonds. The zero-order valence-corrected chi connectivity index (χ0v) is 17.4. The van der Waals surface area contributed by atoms with Gasteiger partial charge in [-0.05, 0) is 48.2 Å². The van der Waals surface area contributed by atoms with E-state index in [2.05, 4.69) is 29.2 Å². The maximum Gasteiger partial charge on any atom is 0.341 e. The van der Waals surface area contributed by atoms with Crippen molar-refractivity contribution in [2.45, 2.75) is 31.3 Å². The van der Waals surface area contributed by atoms with Crippen LogP contribution in [0.5, 0.6) is 11.5 Å². The van der Waals surface area contributed by atoms with Gasteiger partial charge in [0.15, 0.2) is 5.75 Å². The monoisotopic (exact) mass is 419 g/mol. The summed E-state index contributed by atoms with van der Waals surface area (Å²) >= 11 is 0. The number of carbonyl (C=O) groups is 1. The number of piperidine rings is 1. The van der Waals surface area contributed by atoms with E-state index in [4.69, 9.17) is 14.7 Å². The topological polar surface area (TPSA) is 83.9 Å². The van der Waals surface area contributed by atoms with E-state index in [0.29, 0.717) is 13.1 Å². The van der Waals surface area contributed by atoms with Gasteiger partial charge in [-0.3, -0.25) is 10.2 Å². The lowest BCUT2D eigenvalue weighted by Crippen LogP contribution is -2.52. The molecule has 1 spiro atoms. The van der Waals surface area contributed by atoms with E-state index in [1.165, 1.54) is 5.56 Å². The van der Waals surface area contributed by atoms with Crippen molar-refractivity contribution in [3.05, 3.63) is 54.2 Å². The number of pyridine rings is 1. The van der Waals surface area contributed by atoms with Crippen molar-refractivity contribution < 1.29 is 19.5 Å². The Morgan fingerprint density at radius 3 is 2.81 bits per heavy atom. The molecule has 1 aromatic heterocycles. The van der Waals surface area contributed by atoms with Crippen molar-refractivity contribution in [2.24, 2.45) is 0 Å². The molecule has 3 aromatic rings. The van der Waals surface area contributed by atoms with Gasteiger partial charge in [0.1, 0.15) is 16.9 Å². The number of ether oxygens (including phenoxy) is 2. The lowest BCUT2D eigenvalue weighted by Gasteiger charge is -2.44. The van der Waals surface area contributed by atoms with Gasteiger partial charge in [0.2, 0.25) is 0 Å². The fraction of sp³-hybridized carbons (Fsp3) is 0.333. The number of hydrogen-bond donors (Lipinski definition) is 2. The van der Waals surface area contributed by atoms with Crippen LogP contribution in [0.1, 0.15) is 24.8 Å².